The van der Waals surface area contributed by atoms with Crippen molar-refractivity contribution in [3.63, 3.8) is 0 Å². The molecule has 1 aliphatic heterocycles. The summed E-state index contributed by atoms with van der Waals surface area (Å²) < 4.78 is 16.9. The Labute approximate surface area is 165 Å². The lowest BCUT2D eigenvalue weighted by Crippen LogP contribution is -2.22. The summed E-state index contributed by atoms with van der Waals surface area (Å²) in [6.45, 7) is 1.93. The van der Waals surface area contributed by atoms with Gasteiger partial charge in [0.1, 0.15) is 11.9 Å². The molecule has 1 aliphatic rings. The average molecular weight is 438 g/mol. The zero-order valence-corrected chi connectivity index (χ0v) is 16.2. The maximum Gasteiger partial charge on any atom is 0.412 e. The lowest BCUT2D eigenvalue weighted by molar-refractivity contribution is 0.0652. The van der Waals surface area contributed by atoms with Crippen molar-refractivity contribution >= 4 is 27.7 Å². The molecule has 8 heteroatoms. The number of aromatic hydroxyl groups is 1. The fourth-order valence-corrected chi connectivity index (χ4v) is 3.21. The number of halogens is 1. The summed E-state index contributed by atoms with van der Waals surface area (Å²) in [5.41, 5.74) is 0.961. The van der Waals surface area contributed by atoms with E-state index >= 15 is 0 Å². The highest BCUT2D eigenvalue weighted by molar-refractivity contribution is 9.10. The van der Waals surface area contributed by atoms with Crippen molar-refractivity contribution in [1.82, 2.24) is 0 Å². The van der Waals surface area contributed by atoms with E-state index in [9.17, 15) is 15.0 Å². The molecule has 1 heterocycles. The third kappa shape index (κ3) is 4.64. The molecule has 27 heavy (non-hydrogen) atoms. The summed E-state index contributed by atoms with van der Waals surface area (Å²) in [4.78, 5) is 12.4. The van der Waals surface area contributed by atoms with Gasteiger partial charge in [0.05, 0.1) is 0 Å². The zero-order valence-electron chi connectivity index (χ0n) is 14.6. The van der Waals surface area contributed by atoms with Crippen molar-refractivity contribution in [3.05, 3.63) is 46.4 Å². The third-order valence-electron chi connectivity index (χ3n) is 4.25. The first-order chi connectivity index (χ1) is 13.0. The molecule has 0 spiro atoms. The minimum atomic E-state index is -0.733. The van der Waals surface area contributed by atoms with Crippen LogP contribution in [0.4, 0.5) is 10.5 Å². The molecule has 2 aromatic rings. The number of anilines is 1. The molecular formula is C19H20BrNO6. The lowest BCUT2D eigenvalue weighted by Gasteiger charge is -2.25. The quantitative estimate of drug-likeness (QED) is 0.626. The van der Waals surface area contributed by atoms with Crippen LogP contribution in [-0.4, -0.2) is 29.7 Å². The van der Waals surface area contributed by atoms with E-state index < -0.39 is 12.2 Å². The van der Waals surface area contributed by atoms with E-state index in [4.69, 9.17) is 14.2 Å². The highest BCUT2D eigenvalue weighted by Gasteiger charge is 2.26. The van der Waals surface area contributed by atoms with Gasteiger partial charge in [-0.1, -0.05) is 22.9 Å². The van der Waals surface area contributed by atoms with Crippen LogP contribution in [-0.2, 0) is 4.74 Å². The maximum absolute atomic E-state index is 12.4. The maximum atomic E-state index is 12.4. The molecule has 0 aromatic heterocycles. The fourth-order valence-electron chi connectivity index (χ4n) is 2.83. The molecule has 2 aromatic carbocycles. The van der Waals surface area contributed by atoms with Gasteiger partial charge in [0.15, 0.2) is 11.5 Å². The van der Waals surface area contributed by atoms with Gasteiger partial charge in [0.25, 0.3) is 0 Å². The Morgan fingerprint density at radius 2 is 2.04 bits per heavy atom. The van der Waals surface area contributed by atoms with Crippen molar-refractivity contribution in [2.24, 2.45) is 5.92 Å². The Hall–Kier alpha value is -2.45. The molecule has 3 N–H and O–H groups in total. The Morgan fingerprint density at radius 1 is 1.26 bits per heavy atom. The van der Waals surface area contributed by atoms with Crippen molar-refractivity contribution in [2.45, 2.75) is 19.4 Å². The van der Waals surface area contributed by atoms with Crippen LogP contribution in [0.3, 0.4) is 0 Å². The number of aliphatic hydroxyl groups excluding tert-OH is 1. The van der Waals surface area contributed by atoms with Gasteiger partial charge in [-0.05, 0) is 42.7 Å². The number of hydrogen-bond acceptors (Lipinski definition) is 6. The Morgan fingerprint density at radius 3 is 2.81 bits per heavy atom. The molecule has 0 radical (unpaired) electrons. The summed E-state index contributed by atoms with van der Waals surface area (Å²) in [6, 6.07) is 9.94. The summed E-state index contributed by atoms with van der Waals surface area (Å²) in [7, 11) is 0. The van der Waals surface area contributed by atoms with E-state index in [1.165, 1.54) is 6.07 Å². The molecule has 0 fully saturated rings. The van der Waals surface area contributed by atoms with Crippen LogP contribution in [0.25, 0.3) is 0 Å². The summed E-state index contributed by atoms with van der Waals surface area (Å²) >= 11 is 3.36. The highest BCUT2D eigenvalue weighted by Crippen LogP contribution is 2.37. The van der Waals surface area contributed by atoms with Crippen molar-refractivity contribution in [2.75, 3.05) is 18.7 Å². The zero-order chi connectivity index (χ0) is 19.4. The monoisotopic (exact) mass is 437 g/mol. The van der Waals surface area contributed by atoms with E-state index in [1.807, 2.05) is 6.92 Å². The number of carbonyl (C=O) groups is 1. The second kappa shape index (κ2) is 8.49. The molecule has 0 saturated heterocycles. The number of fused-ring (bicyclic) bond motifs is 1. The molecule has 0 saturated carbocycles. The predicted molar refractivity (Wildman–Crippen MR) is 102 cm³/mol. The largest absolute Gasteiger partial charge is 0.508 e. The van der Waals surface area contributed by atoms with Crippen molar-refractivity contribution < 1.29 is 29.2 Å². The number of nitrogens with one attached hydrogen (secondary N) is 1. The van der Waals surface area contributed by atoms with Crippen LogP contribution in [0.2, 0.25) is 0 Å². The van der Waals surface area contributed by atoms with Crippen LogP contribution in [0.15, 0.2) is 40.9 Å². The summed E-state index contributed by atoms with van der Waals surface area (Å²) in [5, 5.41) is 22.1. The number of benzene rings is 2. The number of ether oxygens (including phenoxy) is 3. The van der Waals surface area contributed by atoms with Crippen LogP contribution in [0.1, 0.15) is 25.0 Å². The molecule has 144 valence electrons. The van der Waals surface area contributed by atoms with E-state index in [0.29, 0.717) is 29.2 Å². The number of carbonyl (C=O) groups excluding carboxylic acids is 1. The normalized spacial score (nSPS) is 14.5. The number of amides is 1. The van der Waals surface area contributed by atoms with E-state index in [2.05, 4.69) is 21.2 Å². The molecule has 1 amide bonds. The van der Waals surface area contributed by atoms with Crippen LogP contribution < -0.4 is 14.8 Å². The SMILES string of the molecule is C[C@@H](CCO)[C@@H](OC(=O)Nc1ccc2c(c1)OCO2)c1cc(Br)ccc1O. The summed E-state index contributed by atoms with van der Waals surface area (Å²) in [5.74, 6) is 0.964. The lowest BCUT2D eigenvalue weighted by atomic mass is 9.94. The minimum absolute atomic E-state index is 0.0175. The van der Waals surface area contributed by atoms with Gasteiger partial charge in [-0.15, -0.1) is 0 Å². The summed E-state index contributed by atoms with van der Waals surface area (Å²) in [6.07, 6.45) is -1.000. The molecule has 0 bridgehead atoms. The van der Waals surface area contributed by atoms with Gasteiger partial charge in [-0.2, -0.15) is 0 Å². The standard InChI is InChI=1S/C19H20BrNO6/c1-11(6-7-22)18(14-8-12(20)2-4-15(14)23)27-19(24)21-13-3-5-16-17(9-13)26-10-25-16/h2-5,8-9,11,18,22-23H,6-7,10H2,1H3,(H,21,24)/t11-,18+/m0/s1. The fraction of sp³-hybridized carbons (Fsp3) is 0.316. The topological polar surface area (TPSA) is 97.3 Å². The van der Waals surface area contributed by atoms with Gasteiger partial charge in [0.2, 0.25) is 6.79 Å². The number of aliphatic hydroxyl groups is 1. The smallest absolute Gasteiger partial charge is 0.412 e. The number of phenols is 1. The first kappa shape index (κ1) is 19.3. The minimum Gasteiger partial charge on any atom is -0.508 e. The Balaban J connectivity index is 1.77. The Bertz CT molecular complexity index is 828. The Kier molecular flexibility index (Phi) is 6.08. The molecular weight excluding hydrogens is 418 g/mol. The first-order valence-corrected chi connectivity index (χ1v) is 9.24. The van der Waals surface area contributed by atoms with Gasteiger partial charge in [-0.25, -0.2) is 4.79 Å². The predicted octanol–water partition coefficient (Wildman–Crippen LogP) is 4.19. The van der Waals surface area contributed by atoms with Crippen molar-refractivity contribution in [3.8, 4) is 17.2 Å². The molecule has 7 nitrogen and oxygen atoms in total. The first-order valence-electron chi connectivity index (χ1n) is 8.44. The van der Waals surface area contributed by atoms with Crippen LogP contribution in [0.5, 0.6) is 17.2 Å². The number of rotatable bonds is 6. The number of phenolic OH excluding ortho intramolecular Hbond substituents is 1. The number of hydrogen-bond donors (Lipinski definition) is 3. The van der Waals surface area contributed by atoms with E-state index in [1.54, 1.807) is 30.3 Å². The molecule has 0 unspecified atom stereocenters. The average Bonchev–Trinajstić information content (AvgIpc) is 3.10. The van der Waals surface area contributed by atoms with Gasteiger partial charge in [0, 0.05) is 28.4 Å². The van der Waals surface area contributed by atoms with Gasteiger partial charge in [-0.3, -0.25) is 5.32 Å². The highest BCUT2D eigenvalue weighted by atomic mass is 79.9. The van der Waals surface area contributed by atoms with E-state index in [0.717, 1.165) is 4.47 Å². The second-order valence-electron chi connectivity index (χ2n) is 6.21. The van der Waals surface area contributed by atoms with Gasteiger partial charge < -0.3 is 24.4 Å². The second-order valence-corrected chi connectivity index (χ2v) is 7.13. The molecule has 0 aliphatic carbocycles. The molecule has 3 rings (SSSR count). The van der Waals surface area contributed by atoms with Gasteiger partial charge >= 0.3 is 6.09 Å². The van der Waals surface area contributed by atoms with Crippen LogP contribution in [0, 0.1) is 5.92 Å². The van der Waals surface area contributed by atoms with Crippen molar-refractivity contribution in [1.29, 1.82) is 0 Å². The third-order valence-corrected chi connectivity index (χ3v) is 4.74. The van der Waals surface area contributed by atoms with E-state index in [-0.39, 0.29) is 25.1 Å². The van der Waals surface area contributed by atoms with Crippen LogP contribution >= 0.6 is 15.9 Å². The molecule has 2 atom stereocenters.